The van der Waals surface area contributed by atoms with Crippen molar-refractivity contribution in [1.29, 1.82) is 0 Å². The third kappa shape index (κ3) is 3.56. The molecule has 0 fully saturated rings. The molecular weight excluding hydrogens is 396 g/mol. The standard InChI is InChI=1S/C23H21N4O4/c1-14-8-9-16(15(2)12-14)13-26-19-17(6-4-10-24-19)21(28)27(23(26)30)20-18(22(29)31-3)7-5-11-25-20/h4-12,17H,13H2,1-3H3/q+1. The summed E-state index contributed by atoms with van der Waals surface area (Å²) in [5.74, 6) is -1.67. The van der Waals surface area contributed by atoms with Crippen molar-refractivity contribution in [3.63, 3.8) is 0 Å². The number of allylic oxidation sites excluding steroid dienone is 1. The first kappa shape index (κ1) is 20.3. The number of esters is 1. The molecular formula is C23H21N4O4+. The van der Waals surface area contributed by atoms with Gasteiger partial charge in [0, 0.05) is 6.20 Å². The summed E-state index contributed by atoms with van der Waals surface area (Å²) in [4.78, 5) is 48.5. The van der Waals surface area contributed by atoms with Gasteiger partial charge in [-0.3, -0.25) is 4.79 Å². The van der Waals surface area contributed by atoms with Crippen LogP contribution in [-0.4, -0.2) is 46.6 Å². The minimum absolute atomic E-state index is 0.0323. The van der Waals surface area contributed by atoms with Crippen LogP contribution >= 0.6 is 0 Å². The smallest absolute Gasteiger partial charge is 0.452 e. The highest BCUT2D eigenvalue weighted by molar-refractivity contribution is 6.25. The number of pyridine rings is 1. The maximum absolute atomic E-state index is 13.6. The Labute approximate surface area is 179 Å². The number of amidine groups is 1. The molecule has 2 aromatic rings. The summed E-state index contributed by atoms with van der Waals surface area (Å²) < 4.78 is 6.27. The zero-order valence-corrected chi connectivity index (χ0v) is 17.4. The van der Waals surface area contributed by atoms with Crippen molar-refractivity contribution in [2.75, 3.05) is 12.0 Å². The molecule has 0 N–H and O–H groups in total. The van der Waals surface area contributed by atoms with Gasteiger partial charge in [-0.25, -0.2) is 14.6 Å². The first-order valence-corrected chi connectivity index (χ1v) is 9.75. The van der Waals surface area contributed by atoms with Crippen LogP contribution in [0.5, 0.6) is 0 Å². The van der Waals surface area contributed by atoms with Gasteiger partial charge in [-0.15, -0.1) is 9.89 Å². The summed E-state index contributed by atoms with van der Waals surface area (Å²) in [5, 5.41) is 0. The second-order valence-corrected chi connectivity index (χ2v) is 7.34. The van der Waals surface area contributed by atoms with E-state index in [1.807, 2.05) is 32.0 Å². The molecule has 3 amide bonds. The molecule has 0 saturated heterocycles. The van der Waals surface area contributed by atoms with Crippen molar-refractivity contribution in [1.82, 2.24) is 4.98 Å². The number of hydrogen-bond donors (Lipinski definition) is 0. The number of methoxy groups -OCH3 is 1. The number of urea groups is 1. The van der Waals surface area contributed by atoms with E-state index >= 15 is 0 Å². The summed E-state index contributed by atoms with van der Waals surface area (Å²) in [7, 11) is 1.23. The number of carbonyl (C=O) groups excluding carboxylic acids is 3. The molecule has 0 aliphatic carbocycles. The van der Waals surface area contributed by atoms with Gasteiger partial charge in [0.15, 0.2) is 5.92 Å². The summed E-state index contributed by atoms with van der Waals surface area (Å²) >= 11 is 0. The first-order valence-electron chi connectivity index (χ1n) is 9.75. The van der Waals surface area contributed by atoms with E-state index in [4.69, 9.17) is 4.74 Å². The second kappa shape index (κ2) is 8.06. The van der Waals surface area contributed by atoms with E-state index in [1.165, 1.54) is 23.9 Å². The highest BCUT2D eigenvalue weighted by Gasteiger charge is 2.49. The van der Waals surface area contributed by atoms with Crippen LogP contribution in [0.2, 0.25) is 0 Å². The zero-order chi connectivity index (χ0) is 22.1. The van der Waals surface area contributed by atoms with E-state index < -0.39 is 23.8 Å². The van der Waals surface area contributed by atoms with Gasteiger partial charge in [0.05, 0.1) is 7.11 Å². The van der Waals surface area contributed by atoms with Crippen LogP contribution in [0.4, 0.5) is 10.6 Å². The molecule has 31 heavy (non-hydrogen) atoms. The highest BCUT2D eigenvalue weighted by Crippen LogP contribution is 2.27. The fourth-order valence-electron chi connectivity index (χ4n) is 3.71. The number of hydrogen-bond acceptors (Lipinski definition) is 6. The number of rotatable bonds is 4. The van der Waals surface area contributed by atoms with Gasteiger partial charge in [-0.2, -0.15) is 4.58 Å². The van der Waals surface area contributed by atoms with Crippen LogP contribution in [0.3, 0.4) is 0 Å². The Bertz CT molecular complexity index is 1200. The molecule has 2 aliphatic rings. The highest BCUT2D eigenvalue weighted by atomic mass is 16.5. The van der Waals surface area contributed by atoms with Crippen molar-refractivity contribution < 1.29 is 23.7 Å². The molecule has 0 saturated carbocycles. The number of aliphatic imine (C=N–C) groups is 1. The first-order chi connectivity index (χ1) is 14.9. The largest absolute Gasteiger partial charge is 0.465 e. The maximum Gasteiger partial charge on any atom is 0.452 e. The van der Waals surface area contributed by atoms with E-state index in [0.29, 0.717) is 5.84 Å². The lowest BCUT2D eigenvalue weighted by atomic mass is 10.0. The number of ether oxygens (including phenoxy) is 1. The molecule has 1 unspecified atom stereocenters. The molecule has 2 aliphatic heterocycles. The van der Waals surface area contributed by atoms with Crippen molar-refractivity contribution in [2.45, 2.75) is 20.4 Å². The molecule has 0 spiro atoms. The van der Waals surface area contributed by atoms with Crippen molar-refractivity contribution in [3.05, 3.63) is 70.9 Å². The fraction of sp³-hybridized carbons (Fsp3) is 0.217. The van der Waals surface area contributed by atoms with Crippen LogP contribution in [0.15, 0.2) is 53.7 Å². The number of benzene rings is 1. The number of anilines is 1. The normalized spacial score (nSPS) is 17.8. The Morgan fingerprint density at radius 1 is 1.23 bits per heavy atom. The number of fused-ring (bicyclic) bond motifs is 1. The summed E-state index contributed by atoms with van der Waals surface area (Å²) in [6.45, 7) is 4.20. The van der Waals surface area contributed by atoms with E-state index in [2.05, 4.69) is 9.98 Å². The Hall–Kier alpha value is -3.94. The second-order valence-electron chi connectivity index (χ2n) is 7.34. The zero-order valence-electron chi connectivity index (χ0n) is 17.4. The number of aryl methyl sites for hydroxylation is 2. The quantitative estimate of drug-likeness (QED) is 0.563. The number of carbonyl (C=O) groups is 3. The number of nitrogens with zero attached hydrogens (tertiary/aromatic N) is 4. The summed E-state index contributed by atoms with van der Waals surface area (Å²) in [6.07, 6.45) is 6.32. The van der Waals surface area contributed by atoms with E-state index in [0.717, 1.165) is 21.6 Å². The molecule has 3 heterocycles. The average Bonchev–Trinajstić information content (AvgIpc) is 2.78. The van der Waals surface area contributed by atoms with Crippen LogP contribution in [0.25, 0.3) is 0 Å². The minimum atomic E-state index is -0.763. The van der Waals surface area contributed by atoms with E-state index in [-0.39, 0.29) is 17.9 Å². The molecule has 0 bridgehead atoms. The van der Waals surface area contributed by atoms with Crippen molar-refractivity contribution in [3.8, 4) is 0 Å². The maximum atomic E-state index is 13.6. The van der Waals surface area contributed by atoms with Crippen molar-refractivity contribution in [2.24, 2.45) is 10.9 Å². The van der Waals surface area contributed by atoms with Gasteiger partial charge in [0.1, 0.15) is 18.3 Å². The molecule has 156 valence electrons. The third-order valence-electron chi connectivity index (χ3n) is 5.29. The van der Waals surface area contributed by atoms with Gasteiger partial charge in [-0.1, -0.05) is 29.8 Å². The Morgan fingerprint density at radius 3 is 2.77 bits per heavy atom. The van der Waals surface area contributed by atoms with E-state index in [1.54, 1.807) is 24.4 Å². The molecule has 8 heteroatoms. The number of aromatic nitrogens is 1. The van der Waals surface area contributed by atoms with Gasteiger partial charge in [0.2, 0.25) is 5.82 Å². The van der Waals surface area contributed by atoms with Gasteiger partial charge in [0.25, 0.3) is 5.84 Å². The molecule has 1 aromatic carbocycles. The average molecular weight is 417 g/mol. The van der Waals surface area contributed by atoms with E-state index in [9.17, 15) is 14.4 Å². The lowest BCUT2D eigenvalue weighted by molar-refractivity contribution is -0.447. The molecule has 1 atom stereocenters. The number of imide groups is 1. The molecule has 4 rings (SSSR count). The molecule has 8 nitrogen and oxygen atoms in total. The van der Waals surface area contributed by atoms with Crippen molar-refractivity contribution >= 4 is 35.8 Å². The predicted octanol–water partition coefficient (Wildman–Crippen LogP) is 2.82. The number of dihydropyridines is 1. The fourth-order valence-corrected chi connectivity index (χ4v) is 3.71. The van der Waals surface area contributed by atoms with Crippen LogP contribution in [-0.2, 0) is 16.1 Å². The number of amides is 3. The van der Waals surface area contributed by atoms with Crippen LogP contribution in [0, 0.1) is 19.8 Å². The topological polar surface area (TPSA) is 91.9 Å². The minimum Gasteiger partial charge on any atom is -0.465 e. The SMILES string of the molecule is COC(=O)c1cccnc1N1C(=O)C2C=CC=NC2=[N+](Cc2ccc(C)cc2C)C1=O. The summed E-state index contributed by atoms with van der Waals surface area (Å²) in [5.41, 5.74) is 3.10. The van der Waals surface area contributed by atoms with Gasteiger partial charge >= 0.3 is 17.9 Å². The van der Waals surface area contributed by atoms with Gasteiger partial charge in [-0.05, 0) is 43.2 Å². The Morgan fingerprint density at radius 2 is 2.03 bits per heavy atom. The Kier molecular flexibility index (Phi) is 5.29. The monoisotopic (exact) mass is 417 g/mol. The van der Waals surface area contributed by atoms with Gasteiger partial charge < -0.3 is 4.74 Å². The molecule has 1 aromatic heterocycles. The Balaban J connectivity index is 1.85. The van der Waals surface area contributed by atoms with Crippen LogP contribution in [0.1, 0.15) is 27.0 Å². The lowest BCUT2D eigenvalue weighted by Gasteiger charge is -2.27. The molecule has 0 radical (unpaired) electrons. The third-order valence-corrected chi connectivity index (χ3v) is 5.29. The lowest BCUT2D eigenvalue weighted by Crippen LogP contribution is -2.55. The predicted molar refractivity (Wildman–Crippen MR) is 114 cm³/mol. The summed E-state index contributed by atoms with van der Waals surface area (Å²) in [6, 6.07) is 8.36. The van der Waals surface area contributed by atoms with Crippen LogP contribution < -0.4 is 4.90 Å².